The zero-order valence-corrected chi connectivity index (χ0v) is 17.2. The summed E-state index contributed by atoms with van der Waals surface area (Å²) in [6, 6.07) is 15.0. The number of amides is 1. The molecule has 0 radical (unpaired) electrons. The second-order valence-corrected chi connectivity index (χ2v) is 8.43. The Hall–Kier alpha value is -2.09. The van der Waals surface area contributed by atoms with Crippen LogP contribution in [0.4, 0.5) is 11.4 Å². The van der Waals surface area contributed by atoms with Gasteiger partial charge in [-0.05, 0) is 62.5 Å². The van der Waals surface area contributed by atoms with Gasteiger partial charge in [0.1, 0.15) is 0 Å². The number of carbonyl (C=O) groups is 1. The Labute approximate surface area is 172 Å². The number of benzene rings is 2. The lowest BCUT2D eigenvalue weighted by atomic mass is 9.93. The molecule has 1 saturated heterocycles. The summed E-state index contributed by atoms with van der Waals surface area (Å²) in [6.07, 6.45) is 3.48. The average Bonchev–Trinajstić information content (AvgIpc) is 2.69. The van der Waals surface area contributed by atoms with Gasteiger partial charge in [-0.1, -0.05) is 30.3 Å². The number of halogens is 1. The van der Waals surface area contributed by atoms with E-state index in [9.17, 15) is 13.2 Å². The molecular weight excluding hydrogens is 398 g/mol. The standard InChI is InChI=1S/C20H25N3O3S.ClH/c24-20(11-10-16-12-14-21-15-13-16)22-18-8-4-5-9-19(18)23-27(25,26)17-6-2-1-3-7-17;/h1-9,16,21,23H,10-15H2,(H,22,24);1H. The predicted octanol–water partition coefficient (Wildman–Crippen LogP) is 3.63. The second-order valence-electron chi connectivity index (χ2n) is 6.74. The number of nitrogens with one attached hydrogen (secondary N) is 3. The number of piperidine rings is 1. The Kier molecular flexibility index (Phi) is 8.29. The van der Waals surface area contributed by atoms with Crippen LogP contribution in [-0.4, -0.2) is 27.4 Å². The van der Waals surface area contributed by atoms with E-state index < -0.39 is 10.0 Å². The molecule has 0 unspecified atom stereocenters. The molecule has 1 heterocycles. The molecular formula is C20H26ClN3O3S. The quantitative estimate of drug-likeness (QED) is 0.634. The highest BCUT2D eigenvalue weighted by molar-refractivity contribution is 7.92. The van der Waals surface area contributed by atoms with Crippen LogP contribution in [0.2, 0.25) is 0 Å². The molecule has 3 rings (SSSR count). The third-order valence-electron chi connectivity index (χ3n) is 4.74. The average molecular weight is 424 g/mol. The van der Waals surface area contributed by atoms with Crippen LogP contribution < -0.4 is 15.4 Å². The van der Waals surface area contributed by atoms with Crippen molar-refractivity contribution in [2.75, 3.05) is 23.1 Å². The molecule has 6 nitrogen and oxygen atoms in total. The van der Waals surface area contributed by atoms with Crippen molar-refractivity contribution in [2.45, 2.75) is 30.6 Å². The molecule has 1 fully saturated rings. The van der Waals surface area contributed by atoms with Gasteiger partial charge in [0, 0.05) is 6.42 Å². The van der Waals surface area contributed by atoms with Crippen LogP contribution in [-0.2, 0) is 14.8 Å². The fourth-order valence-corrected chi connectivity index (χ4v) is 4.30. The molecule has 1 amide bonds. The fourth-order valence-electron chi connectivity index (χ4n) is 3.20. The van der Waals surface area contributed by atoms with Gasteiger partial charge in [0.05, 0.1) is 16.3 Å². The van der Waals surface area contributed by atoms with Crippen LogP contribution in [0.1, 0.15) is 25.7 Å². The van der Waals surface area contributed by atoms with Gasteiger partial charge in [-0.3, -0.25) is 9.52 Å². The van der Waals surface area contributed by atoms with Gasteiger partial charge in [-0.25, -0.2) is 8.42 Å². The zero-order chi connectivity index (χ0) is 19.1. The summed E-state index contributed by atoms with van der Waals surface area (Å²) < 4.78 is 27.6. The number of rotatable bonds is 7. The molecule has 0 aromatic heterocycles. The molecule has 2 aromatic rings. The third kappa shape index (κ3) is 6.22. The number of anilines is 2. The minimum Gasteiger partial charge on any atom is -0.324 e. The monoisotopic (exact) mass is 423 g/mol. The number of carbonyl (C=O) groups excluding carboxylic acids is 1. The second kappa shape index (κ2) is 10.5. The molecule has 3 N–H and O–H groups in total. The molecule has 0 atom stereocenters. The minimum absolute atomic E-state index is 0. The smallest absolute Gasteiger partial charge is 0.261 e. The van der Waals surface area contributed by atoms with E-state index in [0.717, 1.165) is 32.4 Å². The summed E-state index contributed by atoms with van der Waals surface area (Å²) in [5.41, 5.74) is 0.823. The van der Waals surface area contributed by atoms with Gasteiger partial charge in [0.25, 0.3) is 10.0 Å². The Bertz CT molecular complexity index is 869. The van der Waals surface area contributed by atoms with Crippen molar-refractivity contribution in [3.8, 4) is 0 Å². The first-order valence-corrected chi connectivity index (χ1v) is 10.7. The zero-order valence-electron chi connectivity index (χ0n) is 15.6. The van der Waals surface area contributed by atoms with Crippen molar-refractivity contribution in [1.29, 1.82) is 0 Å². The fraction of sp³-hybridized carbons (Fsp3) is 0.350. The van der Waals surface area contributed by atoms with Crippen LogP contribution in [0, 0.1) is 5.92 Å². The number of hydrogen-bond donors (Lipinski definition) is 3. The number of para-hydroxylation sites is 2. The molecule has 2 aromatic carbocycles. The van der Waals surface area contributed by atoms with Crippen molar-refractivity contribution < 1.29 is 13.2 Å². The van der Waals surface area contributed by atoms with Crippen LogP contribution >= 0.6 is 12.4 Å². The van der Waals surface area contributed by atoms with Gasteiger partial charge < -0.3 is 10.6 Å². The van der Waals surface area contributed by atoms with E-state index in [4.69, 9.17) is 0 Å². The van der Waals surface area contributed by atoms with Crippen molar-refractivity contribution >= 4 is 39.7 Å². The van der Waals surface area contributed by atoms with Gasteiger partial charge >= 0.3 is 0 Å². The van der Waals surface area contributed by atoms with E-state index in [1.807, 2.05) is 0 Å². The highest BCUT2D eigenvalue weighted by Crippen LogP contribution is 2.25. The van der Waals surface area contributed by atoms with E-state index in [2.05, 4.69) is 15.4 Å². The van der Waals surface area contributed by atoms with Crippen LogP contribution in [0.15, 0.2) is 59.5 Å². The minimum atomic E-state index is -3.71. The maximum absolute atomic E-state index is 12.5. The number of hydrogen-bond acceptors (Lipinski definition) is 4. The van der Waals surface area contributed by atoms with Gasteiger partial charge in [0.15, 0.2) is 0 Å². The Morgan fingerprint density at radius 3 is 2.25 bits per heavy atom. The Balaban J connectivity index is 0.00000280. The molecule has 1 aliphatic heterocycles. The largest absolute Gasteiger partial charge is 0.324 e. The Morgan fingerprint density at radius 2 is 1.57 bits per heavy atom. The lowest BCUT2D eigenvalue weighted by Gasteiger charge is -2.22. The SMILES string of the molecule is Cl.O=C(CCC1CCNCC1)Nc1ccccc1NS(=O)(=O)c1ccccc1. The molecule has 0 aliphatic carbocycles. The summed E-state index contributed by atoms with van der Waals surface area (Å²) in [5, 5.41) is 6.16. The maximum atomic E-state index is 12.5. The summed E-state index contributed by atoms with van der Waals surface area (Å²) in [4.78, 5) is 12.5. The maximum Gasteiger partial charge on any atom is 0.261 e. The first kappa shape index (κ1) is 22.2. The van der Waals surface area contributed by atoms with Crippen molar-refractivity contribution in [2.24, 2.45) is 5.92 Å². The van der Waals surface area contributed by atoms with Gasteiger partial charge in [-0.15, -0.1) is 12.4 Å². The molecule has 0 bridgehead atoms. The van der Waals surface area contributed by atoms with E-state index in [-0.39, 0.29) is 23.2 Å². The first-order chi connectivity index (χ1) is 13.0. The molecule has 1 aliphatic rings. The highest BCUT2D eigenvalue weighted by atomic mass is 35.5. The van der Waals surface area contributed by atoms with Gasteiger partial charge in [-0.2, -0.15) is 0 Å². The van der Waals surface area contributed by atoms with Crippen LogP contribution in [0.3, 0.4) is 0 Å². The summed E-state index contributed by atoms with van der Waals surface area (Å²) >= 11 is 0. The molecule has 152 valence electrons. The summed E-state index contributed by atoms with van der Waals surface area (Å²) in [7, 11) is -3.71. The lowest BCUT2D eigenvalue weighted by molar-refractivity contribution is -0.116. The first-order valence-electron chi connectivity index (χ1n) is 9.22. The molecule has 0 spiro atoms. The van der Waals surface area contributed by atoms with Crippen molar-refractivity contribution in [3.05, 3.63) is 54.6 Å². The van der Waals surface area contributed by atoms with Crippen molar-refractivity contribution in [3.63, 3.8) is 0 Å². The molecule has 0 saturated carbocycles. The normalized spacial score (nSPS) is 14.7. The Morgan fingerprint density at radius 1 is 0.964 bits per heavy atom. The van der Waals surface area contributed by atoms with E-state index in [1.54, 1.807) is 42.5 Å². The van der Waals surface area contributed by atoms with E-state index in [0.29, 0.717) is 23.7 Å². The topological polar surface area (TPSA) is 87.3 Å². The predicted molar refractivity (Wildman–Crippen MR) is 114 cm³/mol. The molecule has 8 heteroatoms. The summed E-state index contributed by atoms with van der Waals surface area (Å²) in [5.74, 6) is 0.476. The van der Waals surface area contributed by atoms with Crippen LogP contribution in [0.25, 0.3) is 0 Å². The summed E-state index contributed by atoms with van der Waals surface area (Å²) in [6.45, 7) is 2.02. The lowest BCUT2D eigenvalue weighted by Crippen LogP contribution is -2.28. The van der Waals surface area contributed by atoms with Gasteiger partial charge in [0.2, 0.25) is 5.91 Å². The highest BCUT2D eigenvalue weighted by Gasteiger charge is 2.17. The van der Waals surface area contributed by atoms with E-state index >= 15 is 0 Å². The number of sulfonamides is 1. The van der Waals surface area contributed by atoms with Crippen molar-refractivity contribution in [1.82, 2.24) is 5.32 Å². The third-order valence-corrected chi connectivity index (χ3v) is 6.12. The molecule has 28 heavy (non-hydrogen) atoms. The van der Waals surface area contributed by atoms with E-state index in [1.165, 1.54) is 12.1 Å². The van der Waals surface area contributed by atoms with Crippen LogP contribution in [0.5, 0.6) is 0 Å².